The van der Waals surface area contributed by atoms with Crippen molar-refractivity contribution >= 4 is 38.2 Å². The zero-order valence-corrected chi connectivity index (χ0v) is 14.1. The fourth-order valence-corrected chi connectivity index (χ4v) is 3.95. The van der Waals surface area contributed by atoms with Gasteiger partial charge in [-0.15, -0.1) is 11.3 Å². The number of para-hydroxylation sites is 1. The van der Waals surface area contributed by atoms with E-state index in [1.54, 1.807) is 11.3 Å². The van der Waals surface area contributed by atoms with Crippen molar-refractivity contribution in [2.45, 2.75) is 13.0 Å². The molecule has 0 aliphatic heterocycles. The first-order valence-electron chi connectivity index (χ1n) is 8.12. The quantitative estimate of drug-likeness (QED) is 0.529. The van der Waals surface area contributed by atoms with Crippen molar-refractivity contribution in [2.24, 2.45) is 0 Å². The highest BCUT2D eigenvalue weighted by Crippen LogP contribution is 2.25. The second-order valence-electron chi connectivity index (χ2n) is 5.83. The third-order valence-electron chi connectivity index (χ3n) is 4.19. The predicted molar refractivity (Wildman–Crippen MR) is 101 cm³/mol. The first kappa shape index (κ1) is 15.0. The highest BCUT2D eigenvalue weighted by molar-refractivity contribution is 7.20. The number of benzene rings is 2. The smallest absolute Gasteiger partial charge is 0.261 e. The molecule has 0 aliphatic rings. The number of fused-ring (bicyclic) bond motifs is 2. The molecule has 4 heteroatoms. The molecular formula is C20H18N2OS. The van der Waals surface area contributed by atoms with E-state index in [1.165, 1.54) is 10.9 Å². The number of aryl methyl sites for hydroxylation is 1. The van der Waals surface area contributed by atoms with Crippen LogP contribution in [-0.4, -0.2) is 17.0 Å². The minimum absolute atomic E-state index is 0.0218. The minimum atomic E-state index is 0.0218. The van der Waals surface area contributed by atoms with Gasteiger partial charge in [0.15, 0.2) is 0 Å². The standard InChI is InChI=1S/C20H18N2OS/c23-20(19-14-16-7-2-4-9-18(16)24-19)21-11-5-12-22-13-10-15-6-1-3-8-17(15)22/h1-4,6-10,13-14H,5,11-12H2,(H,21,23). The molecule has 0 bridgehead atoms. The van der Waals surface area contributed by atoms with Gasteiger partial charge in [-0.3, -0.25) is 4.79 Å². The first-order chi connectivity index (χ1) is 11.8. The molecule has 0 aliphatic carbocycles. The van der Waals surface area contributed by atoms with Crippen LogP contribution in [0.4, 0.5) is 0 Å². The highest BCUT2D eigenvalue weighted by atomic mass is 32.1. The van der Waals surface area contributed by atoms with E-state index in [0.717, 1.165) is 27.9 Å². The number of carbonyl (C=O) groups excluding carboxylic acids is 1. The molecule has 0 fully saturated rings. The monoisotopic (exact) mass is 334 g/mol. The Balaban J connectivity index is 1.34. The second-order valence-corrected chi connectivity index (χ2v) is 6.91. The van der Waals surface area contributed by atoms with Crippen molar-refractivity contribution in [3.8, 4) is 0 Å². The molecule has 120 valence electrons. The van der Waals surface area contributed by atoms with E-state index >= 15 is 0 Å². The molecule has 0 spiro atoms. The average molecular weight is 334 g/mol. The molecule has 4 aromatic rings. The first-order valence-corrected chi connectivity index (χ1v) is 8.93. The maximum atomic E-state index is 12.3. The van der Waals surface area contributed by atoms with Gasteiger partial charge in [0, 0.05) is 29.5 Å². The van der Waals surface area contributed by atoms with Crippen molar-refractivity contribution in [2.75, 3.05) is 6.54 Å². The molecule has 0 saturated heterocycles. The number of nitrogens with zero attached hydrogens (tertiary/aromatic N) is 1. The Hall–Kier alpha value is -2.59. The molecule has 24 heavy (non-hydrogen) atoms. The molecule has 3 nitrogen and oxygen atoms in total. The van der Waals surface area contributed by atoms with E-state index in [2.05, 4.69) is 46.4 Å². The lowest BCUT2D eigenvalue weighted by atomic mass is 10.2. The summed E-state index contributed by atoms with van der Waals surface area (Å²) in [7, 11) is 0. The lowest BCUT2D eigenvalue weighted by Gasteiger charge is -2.06. The molecule has 4 rings (SSSR count). The Labute approximate surface area is 144 Å². The van der Waals surface area contributed by atoms with Crippen LogP contribution in [0.3, 0.4) is 0 Å². The zero-order valence-electron chi connectivity index (χ0n) is 13.2. The molecule has 2 heterocycles. The number of carbonyl (C=O) groups is 1. The lowest BCUT2D eigenvalue weighted by Crippen LogP contribution is -2.24. The van der Waals surface area contributed by atoms with Crippen LogP contribution < -0.4 is 5.32 Å². The number of hydrogen-bond acceptors (Lipinski definition) is 2. The Kier molecular flexibility index (Phi) is 4.05. The summed E-state index contributed by atoms with van der Waals surface area (Å²) in [5, 5.41) is 5.42. The Bertz CT molecular complexity index is 966. The van der Waals surface area contributed by atoms with Crippen molar-refractivity contribution in [1.82, 2.24) is 9.88 Å². The van der Waals surface area contributed by atoms with Crippen molar-refractivity contribution < 1.29 is 4.79 Å². The largest absolute Gasteiger partial charge is 0.351 e. The van der Waals surface area contributed by atoms with Crippen LogP contribution in [-0.2, 0) is 6.54 Å². The number of amides is 1. The van der Waals surface area contributed by atoms with E-state index in [0.29, 0.717) is 6.54 Å². The van der Waals surface area contributed by atoms with E-state index in [1.807, 2.05) is 30.3 Å². The molecule has 1 N–H and O–H groups in total. The minimum Gasteiger partial charge on any atom is -0.351 e. The van der Waals surface area contributed by atoms with Crippen LogP contribution in [0.2, 0.25) is 0 Å². The molecule has 2 aromatic heterocycles. The van der Waals surface area contributed by atoms with Gasteiger partial charge in [-0.25, -0.2) is 0 Å². The summed E-state index contributed by atoms with van der Waals surface area (Å²) in [6.07, 6.45) is 3.02. The Morgan fingerprint density at radius 1 is 1.00 bits per heavy atom. The second kappa shape index (κ2) is 6.49. The van der Waals surface area contributed by atoms with Crippen molar-refractivity contribution in [3.63, 3.8) is 0 Å². The highest BCUT2D eigenvalue weighted by Gasteiger charge is 2.09. The van der Waals surface area contributed by atoms with Crippen molar-refractivity contribution in [1.29, 1.82) is 0 Å². The molecule has 0 saturated carbocycles. The van der Waals surface area contributed by atoms with Crippen LogP contribution in [0.15, 0.2) is 66.9 Å². The number of thiophene rings is 1. The summed E-state index contributed by atoms with van der Waals surface area (Å²) in [6.45, 7) is 1.58. The van der Waals surface area contributed by atoms with E-state index < -0.39 is 0 Å². The summed E-state index contributed by atoms with van der Waals surface area (Å²) in [6, 6.07) is 20.5. The van der Waals surface area contributed by atoms with Gasteiger partial charge in [0.05, 0.1) is 4.88 Å². The maximum absolute atomic E-state index is 12.3. The Morgan fingerprint density at radius 2 is 1.79 bits per heavy atom. The fourth-order valence-electron chi connectivity index (χ4n) is 2.97. The summed E-state index contributed by atoms with van der Waals surface area (Å²) in [5.74, 6) is 0.0218. The van der Waals surface area contributed by atoms with Crippen LogP contribution >= 0.6 is 11.3 Å². The molecule has 0 unspecified atom stereocenters. The zero-order chi connectivity index (χ0) is 16.4. The van der Waals surface area contributed by atoms with Gasteiger partial charge in [0.1, 0.15) is 0 Å². The van der Waals surface area contributed by atoms with Crippen LogP contribution in [0.1, 0.15) is 16.1 Å². The van der Waals surface area contributed by atoms with Gasteiger partial charge in [-0.05, 0) is 41.5 Å². The van der Waals surface area contributed by atoms with E-state index in [-0.39, 0.29) is 5.91 Å². The average Bonchev–Trinajstić information content (AvgIpc) is 3.23. The molecule has 2 aromatic carbocycles. The van der Waals surface area contributed by atoms with Crippen LogP contribution in [0, 0.1) is 0 Å². The van der Waals surface area contributed by atoms with Crippen LogP contribution in [0.25, 0.3) is 21.0 Å². The number of rotatable bonds is 5. The normalized spacial score (nSPS) is 11.2. The maximum Gasteiger partial charge on any atom is 0.261 e. The SMILES string of the molecule is O=C(NCCCn1ccc2ccccc21)c1cc2ccccc2s1. The van der Waals surface area contributed by atoms with Gasteiger partial charge in [0.2, 0.25) is 0 Å². The van der Waals surface area contributed by atoms with Gasteiger partial charge in [-0.2, -0.15) is 0 Å². The summed E-state index contributed by atoms with van der Waals surface area (Å²) < 4.78 is 3.39. The molecule has 1 amide bonds. The van der Waals surface area contributed by atoms with Crippen molar-refractivity contribution in [3.05, 3.63) is 71.7 Å². The third kappa shape index (κ3) is 2.93. The molecule has 0 atom stereocenters. The van der Waals surface area contributed by atoms with E-state index in [9.17, 15) is 4.79 Å². The van der Waals surface area contributed by atoms with E-state index in [4.69, 9.17) is 0 Å². The van der Waals surface area contributed by atoms with Gasteiger partial charge < -0.3 is 9.88 Å². The van der Waals surface area contributed by atoms with Gasteiger partial charge in [-0.1, -0.05) is 36.4 Å². The molecule has 0 radical (unpaired) electrons. The van der Waals surface area contributed by atoms with Gasteiger partial charge in [0.25, 0.3) is 5.91 Å². The summed E-state index contributed by atoms with van der Waals surface area (Å²) in [5.41, 5.74) is 1.24. The topological polar surface area (TPSA) is 34.0 Å². The third-order valence-corrected chi connectivity index (χ3v) is 5.31. The summed E-state index contributed by atoms with van der Waals surface area (Å²) in [4.78, 5) is 13.1. The van der Waals surface area contributed by atoms with Crippen LogP contribution in [0.5, 0.6) is 0 Å². The number of nitrogens with one attached hydrogen (secondary N) is 1. The molecular weight excluding hydrogens is 316 g/mol. The number of hydrogen-bond donors (Lipinski definition) is 1. The predicted octanol–water partition coefficient (Wildman–Crippen LogP) is 4.68. The summed E-state index contributed by atoms with van der Waals surface area (Å²) >= 11 is 1.55. The Morgan fingerprint density at radius 3 is 2.67 bits per heavy atom. The number of aromatic nitrogens is 1. The lowest BCUT2D eigenvalue weighted by molar-refractivity contribution is 0.0957. The van der Waals surface area contributed by atoms with Gasteiger partial charge >= 0.3 is 0 Å². The fraction of sp³-hybridized carbons (Fsp3) is 0.150.